The normalized spacial score (nSPS) is 13.3. The number of carbonyl (C=O) groups is 4. The zero-order valence-electron chi connectivity index (χ0n) is 42.5. The van der Waals surface area contributed by atoms with Gasteiger partial charge in [-0.1, -0.05) is 124 Å². The van der Waals surface area contributed by atoms with Crippen LogP contribution in [0.25, 0.3) is 21.8 Å². The van der Waals surface area contributed by atoms with E-state index in [1.54, 1.807) is 36.5 Å². The third-order valence-electron chi connectivity index (χ3n) is 12.9. The van der Waals surface area contributed by atoms with Crippen LogP contribution < -0.4 is 14.2 Å². The molecule has 10 rings (SSSR count). The molecule has 4 heterocycles. The maximum Gasteiger partial charge on any atom is 0.265 e. The molecule has 0 radical (unpaired) electrons. The Hall–Kier alpha value is -8.09. The molecule has 0 bridgehead atoms. The van der Waals surface area contributed by atoms with Gasteiger partial charge in [0.2, 0.25) is 0 Å². The zero-order chi connectivity index (χ0) is 53.2. The number of rotatable bonds is 16. The predicted molar refractivity (Wildman–Crippen MR) is 289 cm³/mol. The molecular weight excluding hydrogens is 987 g/mol. The maximum absolute atomic E-state index is 14.3. The molecule has 0 saturated carbocycles. The molecule has 0 fully saturated rings. The number of hydrogen-bond donors (Lipinski definition) is 1. The first-order valence-electron chi connectivity index (χ1n) is 24.7. The Labute approximate surface area is 435 Å². The van der Waals surface area contributed by atoms with Gasteiger partial charge in [0.15, 0.2) is 11.5 Å². The lowest BCUT2D eigenvalue weighted by Crippen LogP contribution is -2.29. The van der Waals surface area contributed by atoms with Gasteiger partial charge >= 0.3 is 0 Å². The minimum Gasteiger partial charge on any atom is -0.505 e. The Morgan fingerprint density at radius 3 is 1.32 bits per heavy atom. The summed E-state index contributed by atoms with van der Waals surface area (Å²) in [5.74, 6) is -2.45. The van der Waals surface area contributed by atoms with Gasteiger partial charge in [-0.05, 0) is 82.9 Å². The number of carbonyl (C=O) groups excluding carboxylic acids is 4. The van der Waals surface area contributed by atoms with Crippen LogP contribution in [-0.4, -0.2) is 77.9 Å². The molecule has 382 valence electrons. The molecule has 0 spiro atoms. The van der Waals surface area contributed by atoms with Crippen molar-refractivity contribution in [3.63, 3.8) is 0 Å². The van der Waals surface area contributed by atoms with E-state index in [4.69, 9.17) is 14.2 Å². The smallest absolute Gasteiger partial charge is 0.265 e. The summed E-state index contributed by atoms with van der Waals surface area (Å²) >= 11 is 0. The topological polar surface area (TPSA) is 148 Å². The molecule has 0 aliphatic carbocycles. The molecule has 6 aromatic carbocycles. The third kappa shape index (κ3) is 11.1. The Morgan fingerprint density at radius 2 is 0.880 bits per heavy atom. The van der Waals surface area contributed by atoms with Crippen molar-refractivity contribution in [3.05, 3.63) is 202 Å². The molecule has 0 unspecified atom stereocenters. The van der Waals surface area contributed by atoms with Crippen molar-refractivity contribution in [2.24, 2.45) is 0 Å². The van der Waals surface area contributed by atoms with Gasteiger partial charge in [0.25, 0.3) is 23.6 Å². The van der Waals surface area contributed by atoms with Crippen LogP contribution in [0, 0.1) is 11.6 Å². The van der Waals surface area contributed by atoms with E-state index in [1.807, 2.05) is 66.7 Å². The second-order valence-corrected chi connectivity index (χ2v) is 32.2. The van der Waals surface area contributed by atoms with Crippen LogP contribution in [0.5, 0.6) is 23.0 Å². The molecular formula is C59H56F2N4O8Si2. The number of fused-ring (bicyclic) bond motifs is 4. The minimum atomic E-state index is -1.47. The fourth-order valence-corrected chi connectivity index (χ4v) is 10.4. The standard InChI is InChI=1S/C36H33FN2O4Si.C23H23FN2O4Si/c1-44(2,3)22-21-42-33-28-15-10-20-38-31(28)34(43-32(25-11-6-4-7-12-25)26-13-8-5-9-14-26)30-29(33)35(40)39(36(30)41)23-24-16-18-27(37)19-17-24;1-31(2,3)12-11-30-21-16-5-4-10-25-19(16)20(27)17-18(21)23(29)26(22(17)28)13-14-6-8-15(24)9-7-14/h4-20,32H,21-23H2,1-3H3;4-10,27H,11-13H2,1-3H3. The Balaban J connectivity index is 0.000000195. The highest BCUT2D eigenvalue weighted by atomic mass is 28.3. The number of imide groups is 2. The van der Waals surface area contributed by atoms with E-state index in [0.29, 0.717) is 46.4 Å². The Kier molecular flexibility index (Phi) is 14.8. The average molecular weight is 1040 g/mol. The molecule has 0 saturated heterocycles. The van der Waals surface area contributed by atoms with Gasteiger partial charge in [0.05, 0.1) is 37.4 Å². The van der Waals surface area contributed by atoms with Crippen molar-refractivity contribution in [2.75, 3.05) is 13.2 Å². The number of pyridine rings is 2. The van der Waals surface area contributed by atoms with Crippen LogP contribution in [0.4, 0.5) is 8.78 Å². The van der Waals surface area contributed by atoms with Crippen molar-refractivity contribution in [1.82, 2.24) is 19.8 Å². The van der Waals surface area contributed by atoms with Crippen LogP contribution in [0.1, 0.15) is 69.8 Å². The fraction of sp³-hybridized carbons (Fsp3) is 0.220. The maximum atomic E-state index is 14.3. The molecule has 16 heteroatoms. The molecule has 2 aliphatic rings. The van der Waals surface area contributed by atoms with Crippen molar-refractivity contribution in [3.8, 4) is 23.0 Å². The van der Waals surface area contributed by atoms with E-state index in [2.05, 4.69) is 49.3 Å². The van der Waals surface area contributed by atoms with Gasteiger partial charge in [0, 0.05) is 39.3 Å². The van der Waals surface area contributed by atoms with Crippen LogP contribution in [-0.2, 0) is 13.1 Å². The second-order valence-electron chi connectivity index (χ2n) is 20.9. The summed E-state index contributed by atoms with van der Waals surface area (Å²) in [5, 5.41) is 11.9. The molecule has 8 aromatic rings. The number of halogens is 2. The summed E-state index contributed by atoms with van der Waals surface area (Å²) < 4.78 is 46.2. The van der Waals surface area contributed by atoms with Gasteiger partial charge in [0.1, 0.15) is 51.4 Å². The number of ether oxygens (including phenoxy) is 3. The highest BCUT2D eigenvalue weighted by Gasteiger charge is 2.45. The lowest BCUT2D eigenvalue weighted by Gasteiger charge is -2.23. The molecule has 2 aromatic heterocycles. The third-order valence-corrected chi connectivity index (χ3v) is 16.4. The molecule has 0 atom stereocenters. The summed E-state index contributed by atoms with van der Waals surface area (Å²) in [4.78, 5) is 65.9. The van der Waals surface area contributed by atoms with Gasteiger partial charge < -0.3 is 19.3 Å². The summed E-state index contributed by atoms with van der Waals surface area (Å²) in [6.07, 6.45) is 2.57. The summed E-state index contributed by atoms with van der Waals surface area (Å²) in [6, 6.07) is 39.6. The summed E-state index contributed by atoms with van der Waals surface area (Å²) in [5.41, 5.74) is 3.90. The number of amides is 4. The molecule has 4 amide bonds. The lowest BCUT2D eigenvalue weighted by molar-refractivity contribution is 0.0624. The minimum absolute atomic E-state index is 0.0228. The highest BCUT2D eigenvalue weighted by Crippen LogP contribution is 2.47. The van der Waals surface area contributed by atoms with E-state index in [0.717, 1.165) is 28.1 Å². The van der Waals surface area contributed by atoms with E-state index in [9.17, 15) is 33.1 Å². The van der Waals surface area contributed by atoms with Crippen molar-refractivity contribution >= 4 is 61.6 Å². The largest absolute Gasteiger partial charge is 0.505 e. The highest BCUT2D eigenvalue weighted by molar-refractivity contribution is 6.76. The van der Waals surface area contributed by atoms with Crippen molar-refractivity contribution in [2.45, 2.75) is 70.6 Å². The van der Waals surface area contributed by atoms with E-state index in [1.165, 1.54) is 47.5 Å². The lowest BCUT2D eigenvalue weighted by atomic mass is 9.99. The number of benzene rings is 6. The first-order valence-corrected chi connectivity index (χ1v) is 32.1. The Morgan fingerprint density at radius 1 is 0.493 bits per heavy atom. The first-order chi connectivity index (χ1) is 35.9. The van der Waals surface area contributed by atoms with E-state index in [-0.39, 0.29) is 58.1 Å². The number of nitrogens with zero attached hydrogens (tertiary/aromatic N) is 4. The van der Waals surface area contributed by atoms with Crippen LogP contribution >= 0.6 is 0 Å². The van der Waals surface area contributed by atoms with Crippen LogP contribution in [0.15, 0.2) is 146 Å². The number of hydrogen-bond acceptors (Lipinski definition) is 10. The SMILES string of the molecule is C[Si](C)(C)CCOc1c2c(c(O)c3ncccc13)C(=O)N(Cc1ccc(F)cc1)C2=O.C[Si](C)(C)CCOc1c2c(c(OC(c3ccccc3)c3ccccc3)c3ncccc13)C(=O)N(Cc1ccc(F)cc1)C2=O. The molecule has 75 heavy (non-hydrogen) atoms. The molecule has 1 N–H and O–H groups in total. The van der Waals surface area contributed by atoms with Crippen LogP contribution in [0.3, 0.4) is 0 Å². The molecule has 12 nitrogen and oxygen atoms in total. The predicted octanol–water partition coefficient (Wildman–Crippen LogP) is 12.6. The van der Waals surface area contributed by atoms with Crippen molar-refractivity contribution in [1.29, 1.82) is 0 Å². The van der Waals surface area contributed by atoms with Gasteiger partial charge in [-0.25, -0.2) is 8.78 Å². The number of phenolic OH excluding ortho intramolecular Hbond substituents is 1. The fourth-order valence-electron chi connectivity index (χ4n) is 8.92. The second kappa shape index (κ2) is 21.4. The van der Waals surface area contributed by atoms with E-state index < -0.39 is 57.5 Å². The molecule has 2 aliphatic heterocycles. The quantitative estimate of drug-likeness (QED) is 0.0732. The number of phenols is 1. The van der Waals surface area contributed by atoms with E-state index >= 15 is 0 Å². The Bertz CT molecular complexity index is 3420. The number of aromatic hydroxyl groups is 1. The average Bonchev–Trinajstić information content (AvgIpc) is 3.78. The van der Waals surface area contributed by atoms with Crippen molar-refractivity contribution < 1.29 is 47.3 Å². The van der Waals surface area contributed by atoms with Gasteiger partial charge in [-0.3, -0.25) is 38.9 Å². The van der Waals surface area contributed by atoms with Gasteiger partial charge in [-0.2, -0.15) is 0 Å². The summed E-state index contributed by atoms with van der Waals surface area (Å²) in [6.45, 7) is 14.2. The zero-order valence-corrected chi connectivity index (χ0v) is 44.5. The van der Waals surface area contributed by atoms with Crippen LogP contribution in [0.2, 0.25) is 51.4 Å². The first kappa shape index (κ1) is 51.8. The van der Waals surface area contributed by atoms with Gasteiger partial charge in [-0.15, -0.1) is 0 Å². The summed E-state index contributed by atoms with van der Waals surface area (Å²) in [7, 11) is -2.87. The monoisotopic (exact) mass is 1040 g/mol. The number of aromatic nitrogens is 2.